The number of fused-ring (bicyclic) bond motifs is 9. The molecule has 0 aliphatic heterocycles. The minimum atomic E-state index is -3.03. The van der Waals surface area contributed by atoms with Gasteiger partial charge in [0.15, 0.2) is 8.07 Å². The first-order valence-corrected chi connectivity index (χ1v) is 26.2. The van der Waals surface area contributed by atoms with Crippen LogP contribution in [0.3, 0.4) is 0 Å². The number of hydrogen-bond donors (Lipinski definition) is 0. The van der Waals surface area contributed by atoms with Crippen molar-refractivity contribution in [2.24, 2.45) is 0 Å². The molecule has 70 heavy (non-hydrogen) atoms. The average Bonchev–Trinajstić information content (AvgIpc) is 4.09. The second-order valence-corrected chi connectivity index (χ2v) is 22.1. The molecule has 3 nitrogen and oxygen atoms in total. The summed E-state index contributed by atoms with van der Waals surface area (Å²) < 4.78 is 7.67. The SMILES string of the molecule is c1ccc(-c2ccccc2-n2c3cccc(-n4c5ccccc5c5cccc([Si](c6ccccc6)(c6ccccc6)c6ccccc6)c54)c3c3cccc(-n4c5ccccc5c5ccccc54)c32)cc1. The topological polar surface area (TPSA) is 14.8 Å². The molecule has 0 spiro atoms. The Balaban J connectivity index is 1.18. The van der Waals surface area contributed by atoms with Crippen LogP contribution in [0.15, 0.2) is 273 Å². The van der Waals surface area contributed by atoms with Gasteiger partial charge in [0.25, 0.3) is 0 Å². The summed E-state index contributed by atoms with van der Waals surface area (Å²) in [6.07, 6.45) is 0. The van der Waals surface area contributed by atoms with Crippen molar-refractivity contribution in [3.05, 3.63) is 273 Å². The molecule has 0 unspecified atom stereocenters. The highest BCUT2D eigenvalue weighted by molar-refractivity contribution is 7.20. The van der Waals surface area contributed by atoms with E-state index >= 15 is 0 Å². The van der Waals surface area contributed by atoms with Gasteiger partial charge in [-0.3, -0.25) is 0 Å². The Morgan fingerprint density at radius 2 is 0.643 bits per heavy atom. The van der Waals surface area contributed by atoms with E-state index < -0.39 is 8.07 Å². The lowest BCUT2D eigenvalue weighted by Crippen LogP contribution is -2.75. The van der Waals surface area contributed by atoms with E-state index in [0.29, 0.717) is 0 Å². The van der Waals surface area contributed by atoms with Crippen LogP contribution in [0, 0.1) is 0 Å². The lowest BCUT2D eigenvalue weighted by molar-refractivity contribution is 1.13. The predicted molar refractivity (Wildman–Crippen MR) is 299 cm³/mol. The largest absolute Gasteiger partial charge is 0.309 e. The molecular formula is C66H45N3Si. The summed E-state index contributed by atoms with van der Waals surface area (Å²) in [5.41, 5.74) is 12.8. The van der Waals surface area contributed by atoms with Crippen molar-refractivity contribution in [2.45, 2.75) is 0 Å². The third-order valence-corrected chi connectivity index (χ3v) is 19.6. The number of benzene rings is 11. The Morgan fingerprint density at radius 3 is 1.26 bits per heavy atom. The van der Waals surface area contributed by atoms with Crippen molar-refractivity contribution in [3.63, 3.8) is 0 Å². The van der Waals surface area contributed by atoms with Gasteiger partial charge < -0.3 is 13.7 Å². The molecule has 0 N–H and O–H groups in total. The smallest absolute Gasteiger partial charge is 0.181 e. The van der Waals surface area contributed by atoms with Gasteiger partial charge in [-0.2, -0.15) is 0 Å². The molecule has 0 aliphatic rings. The summed E-state index contributed by atoms with van der Waals surface area (Å²) in [6.45, 7) is 0. The maximum Gasteiger partial charge on any atom is 0.181 e. The van der Waals surface area contributed by atoms with Crippen LogP contribution in [0.1, 0.15) is 0 Å². The molecule has 0 bridgehead atoms. The number of para-hydroxylation sites is 6. The molecule has 4 heteroatoms. The molecule has 0 amide bonds. The van der Waals surface area contributed by atoms with Gasteiger partial charge in [-0.25, -0.2) is 0 Å². The number of nitrogens with zero attached hydrogens (tertiary/aromatic N) is 3. The third-order valence-electron chi connectivity index (χ3n) is 14.8. The van der Waals surface area contributed by atoms with Gasteiger partial charge in [0.1, 0.15) is 0 Å². The Kier molecular flexibility index (Phi) is 9.23. The van der Waals surface area contributed by atoms with Crippen molar-refractivity contribution in [3.8, 4) is 28.2 Å². The van der Waals surface area contributed by atoms with Gasteiger partial charge in [0.05, 0.1) is 50.2 Å². The maximum atomic E-state index is 2.62. The molecule has 14 aromatic rings. The summed E-state index contributed by atoms with van der Waals surface area (Å²) >= 11 is 0. The number of hydrogen-bond acceptors (Lipinski definition) is 0. The van der Waals surface area contributed by atoms with E-state index in [1.165, 1.54) is 86.3 Å². The lowest BCUT2D eigenvalue weighted by Gasteiger charge is -2.35. The monoisotopic (exact) mass is 907 g/mol. The van der Waals surface area contributed by atoms with Crippen LogP contribution >= 0.6 is 0 Å². The zero-order valence-electron chi connectivity index (χ0n) is 38.3. The maximum absolute atomic E-state index is 3.03. The Hall–Kier alpha value is -8.96. The van der Waals surface area contributed by atoms with E-state index in [2.05, 4.69) is 287 Å². The van der Waals surface area contributed by atoms with Crippen molar-refractivity contribution in [1.82, 2.24) is 13.7 Å². The highest BCUT2D eigenvalue weighted by Crippen LogP contribution is 2.44. The van der Waals surface area contributed by atoms with Gasteiger partial charge in [-0.15, -0.1) is 0 Å². The van der Waals surface area contributed by atoms with E-state index in [1.54, 1.807) is 0 Å². The van der Waals surface area contributed by atoms with Crippen LogP contribution in [-0.2, 0) is 0 Å². The first-order valence-electron chi connectivity index (χ1n) is 24.2. The molecule has 14 rings (SSSR count). The van der Waals surface area contributed by atoms with Gasteiger partial charge in [-0.05, 0) is 68.8 Å². The molecule has 0 aliphatic carbocycles. The fourth-order valence-electron chi connectivity index (χ4n) is 12.0. The summed E-state index contributed by atoms with van der Waals surface area (Å²) in [6, 6.07) is 101. The van der Waals surface area contributed by atoms with Gasteiger partial charge >= 0.3 is 0 Å². The molecule has 328 valence electrons. The minimum absolute atomic E-state index is 1.13. The van der Waals surface area contributed by atoms with Crippen LogP contribution in [0.2, 0.25) is 0 Å². The molecule has 0 radical (unpaired) electrons. The quantitative estimate of drug-likeness (QED) is 0.107. The summed E-state index contributed by atoms with van der Waals surface area (Å²) in [4.78, 5) is 0. The molecule has 3 aromatic heterocycles. The van der Waals surface area contributed by atoms with E-state index in [9.17, 15) is 0 Å². The van der Waals surface area contributed by atoms with E-state index in [1.807, 2.05) is 0 Å². The van der Waals surface area contributed by atoms with E-state index in [0.717, 1.165) is 28.1 Å². The van der Waals surface area contributed by atoms with Gasteiger partial charge in [0.2, 0.25) is 0 Å². The van der Waals surface area contributed by atoms with Crippen LogP contribution in [0.5, 0.6) is 0 Å². The molecule has 3 heterocycles. The zero-order valence-corrected chi connectivity index (χ0v) is 39.3. The van der Waals surface area contributed by atoms with Crippen molar-refractivity contribution in [2.75, 3.05) is 0 Å². The standard InChI is InChI=1S/C66H45N3Si/c1-5-24-46(25-6-1)50-32-13-17-38-56(50)68-60-42-23-43-61(64(60)55-37-21-44-62(65(55)68)67-57-39-18-14-33-51(57)52-34-15-19-40-58(52)67)69-59-41-20-16-35-53(59)54-36-22-45-63(66(54)69)70(47-26-7-2-8-27-47,48-28-9-3-10-29-48)49-30-11-4-12-31-49/h1-45H. The average molecular weight is 908 g/mol. The minimum Gasteiger partial charge on any atom is -0.309 e. The highest BCUT2D eigenvalue weighted by atomic mass is 28.3. The van der Waals surface area contributed by atoms with E-state index in [-0.39, 0.29) is 0 Å². The van der Waals surface area contributed by atoms with E-state index in [4.69, 9.17) is 0 Å². The number of rotatable bonds is 8. The zero-order chi connectivity index (χ0) is 46.2. The molecular weight excluding hydrogens is 863 g/mol. The Morgan fingerprint density at radius 1 is 0.243 bits per heavy atom. The van der Waals surface area contributed by atoms with Gasteiger partial charge in [0, 0.05) is 37.9 Å². The fraction of sp³-hybridized carbons (Fsp3) is 0. The first-order chi connectivity index (χ1) is 34.8. The molecule has 0 fully saturated rings. The van der Waals surface area contributed by atoms with Crippen LogP contribution in [0.25, 0.3) is 93.6 Å². The van der Waals surface area contributed by atoms with Crippen LogP contribution in [0.4, 0.5) is 0 Å². The Bertz CT molecular complexity index is 4130. The molecule has 0 atom stereocenters. The summed E-state index contributed by atoms with van der Waals surface area (Å²) in [7, 11) is -3.03. The second-order valence-electron chi connectivity index (χ2n) is 18.3. The molecule has 11 aromatic carbocycles. The molecule has 0 saturated carbocycles. The van der Waals surface area contributed by atoms with Crippen LogP contribution < -0.4 is 20.7 Å². The second kappa shape index (κ2) is 16.1. The highest BCUT2D eigenvalue weighted by Gasteiger charge is 2.43. The Labute approximate surface area is 407 Å². The van der Waals surface area contributed by atoms with Crippen molar-refractivity contribution in [1.29, 1.82) is 0 Å². The fourth-order valence-corrected chi connectivity index (χ4v) is 17.0. The van der Waals surface area contributed by atoms with Crippen molar-refractivity contribution >= 4 is 94.2 Å². The normalized spacial score (nSPS) is 12.0. The van der Waals surface area contributed by atoms with Crippen molar-refractivity contribution < 1.29 is 0 Å². The van der Waals surface area contributed by atoms with Gasteiger partial charge in [-0.1, -0.05) is 231 Å². The lowest BCUT2D eigenvalue weighted by atomic mass is 10.0. The third kappa shape index (κ3) is 5.81. The molecule has 0 saturated heterocycles. The predicted octanol–water partition coefficient (Wildman–Crippen LogP) is 14.0. The summed E-state index contributed by atoms with van der Waals surface area (Å²) in [5.74, 6) is 0. The summed E-state index contributed by atoms with van der Waals surface area (Å²) in [5, 5.41) is 12.7. The number of aromatic nitrogens is 3. The first kappa shape index (κ1) is 40.1. The van der Waals surface area contributed by atoms with Crippen LogP contribution in [-0.4, -0.2) is 21.8 Å².